The molecular formula is C16H13ClFNO2S. The lowest BCUT2D eigenvalue weighted by Crippen LogP contribution is -2.28. The molecule has 1 aliphatic heterocycles. The molecule has 2 aromatic rings. The number of ether oxygens (including phenoxy) is 1. The van der Waals surface area contributed by atoms with Crippen molar-refractivity contribution >= 4 is 35.0 Å². The van der Waals surface area contributed by atoms with Crippen LogP contribution in [0.15, 0.2) is 42.5 Å². The van der Waals surface area contributed by atoms with Gasteiger partial charge in [0, 0.05) is 16.3 Å². The number of amides is 1. The Bertz CT molecular complexity index is 688. The Balaban J connectivity index is 2.02. The van der Waals surface area contributed by atoms with Gasteiger partial charge in [-0.25, -0.2) is 4.39 Å². The van der Waals surface area contributed by atoms with Gasteiger partial charge in [0.2, 0.25) is 5.91 Å². The van der Waals surface area contributed by atoms with E-state index in [1.165, 1.54) is 17.8 Å². The number of hydrogen-bond acceptors (Lipinski definition) is 3. The molecule has 1 aliphatic rings. The van der Waals surface area contributed by atoms with E-state index in [0.717, 1.165) is 0 Å². The lowest BCUT2D eigenvalue weighted by Gasteiger charge is -2.25. The highest BCUT2D eigenvalue weighted by atomic mass is 35.5. The van der Waals surface area contributed by atoms with Gasteiger partial charge in [0.15, 0.2) is 0 Å². The molecule has 1 atom stereocenters. The number of halogens is 2. The first-order valence-corrected chi connectivity index (χ1v) is 8.06. The van der Waals surface area contributed by atoms with Crippen LogP contribution in [0.4, 0.5) is 10.1 Å². The van der Waals surface area contributed by atoms with Gasteiger partial charge in [0.25, 0.3) is 0 Å². The largest absolute Gasteiger partial charge is 0.497 e. The molecule has 0 spiro atoms. The van der Waals surface area contributed by atoms with E-state index in [0.29, 0.717) is 27.8 Å². The highest BCUT2D eigenvalue weighted by Crippen LogP contribution is 2.45. The molecule has 0 aromatic heterocycles. The predicted molar refractivity (Wildman–Crippen MR) is 87.1 cm³/mol. The van der Waals surface area contributed by atoms with Crippen LogP contribution in [0.5, 0.6) is 5.75 Å². The number of nitrogens with zero attached hydrogens (tertiary/aromatic N) is 1. The average molecular weight is 338 g/mol. The van der Waals surface area contributed by atoms with Crippen molar-refractivity contribution in [1.82, 2.24) is 0 Å². The topological polar surface area (TPSA) is 29.5 Å². The fourth-order valence-electron chi connectivity index (χ4n) is 2.41. The van der Waals surface area contributed by atoms with E-state index >= 15 is 0 Å². The van der Waals surface area contributed by atoms with Crippen LogP contribution in [0.3, 0.4) is 0 Å². The second-order valence-corrected chi connectivity index (χ2v) is 6.24. The van der Waals surface area contributed by atoms with Crippen LogP contribution in [0.1, 0.15) is 10.9 Å². The predicted octanol–water partition coefficient (Wildman–Crippen LogP) is 4.27. The highest BCUT2D eigenvalue weighted by molar-refractivity contribution is 8.00. The Morgan fingerprint density at radius 1 is 1.27 bits per heavy atom. The zero-order chi connectivity index (χ0) is 15.7. The van der Waals surface area contributed by atoms with Crippen LogP contribution in [0.25, 0.3) is 0 Å². The third kappa shape index (κ3) is 2.66. The first-order valence-electron chi connectivity index (χ1n) is 6.63. The summed E-state index contributed by atoms with van der Waals surface area (Å²) in [5, 5.41) is -0.139. The number of methoxy groups -OCH3 is 1. The Morgan fingerprint density at radius 2 is 2.00 bits per heavy atom. The Hall–Kier alpha value is -1.72. The van der Waals surface area contributed by atoms with Crippen molar-refractivity contribution in [3.63, 3.8) is 0 Å². The summed E-state index contributed by atoms with van der Waals surface area (Å²) in [6, 6.07) is 11.7. The number of rotatable bonds is 3. The molecule has 3 nitrogen and oxygen atoms in total. The quantitative estimate of drug-likeness (QED) is 0.837. The molecule has 0 N–H and O–H groups in total. The van der Waals surface area contributed by atoms with Gasteiger partial charge < -0.3 is 4.74 Å². The summed E-state index contributed by atoms with van der Waals surface area (Å²) >= 11 is 7.51. The fourth-order valence-corrected chi connectivity index (χ4v) is 3.97. The maximum atomic E-state index is 14.2. The van der Waals surface area contributed by atoms with E-state index < -0.39 is 11.2 Å². The molecule has 1 saturated heterocycles. The molecule has 0 radical (unpaired) electrons. The summed E-state index contributed by atoms with van der Waals surface area (Å²) in [5.74, 6) is 0.516. The standard InChI is InChI=1S/C16H13ClFNO2S/c1-21-11-7-5-10(6-8-11)19-14(20)9-22-16(19)15-12(17)3-2-4-13(15)18/h2-8,16H,9H2,1H3/t16-/m1/s1. The van der Waals surface area contributed by atoms with E-state index in [4.69, 9.17) is 16.3 Å². The van der Waals surface area contributed by atoms with E-state index in [9.17, 15) is 9.18 Å². The van der Waals surface area contributed by atoms with Crippen LogP contribution in [0, 0.1) is 5.82 Å². The van der Waals surface area contributed by atoms with Crippen molar-refractivity contribution in [2.24, 2.45) is 0 Å². The molecule has 114 valence electrons. The summed E-state index contributed by atoms with van der Waals surface area (Å²) in [5.41, 5.74) is 1.04. The van der Waals surface area contributed by atoms with Crippen molar-refractivity contribution in [3.05, 3.63) is 58.9 Å². The SMILES string of the molecule is COc1ccc(N2C(=O)CS[C@@H]2c2c(F)cccc2Cl)cc1. The van der Waals surface area contributed by atoms with E-state index in [1.807, 2.05) is 0 Å². The number of carbonyl (C=O) groups is 1. The number of anilines is 1. The minimum absolute atomic E-state index is 0.0699. The van der Waals surface area contributed by atoms with Gasteiger partial charge in [-0.3, -0.25) is 9.69 Å². The fraction of sp³-hybridized carbons (Fsp3) is 0.188. The second kappa shape index (κ2) is 6.18. The molecule has 22 heavy (non-hydrogen) atoms. The van der Waals surface area contributed by atoms with Crippen molar-refractivity contribution < 1.29 is 13.9 Å². The summed E-state index contributed by atoms with van der Waals surface area (Å²) in [4.78, 5) is 13.8. The maximum Gasteiger partial charge on any atom is 0.238 e. The van der Waals surface area contributed by atoms with Gasteiger partial charge in [-0.2, -0.15) is 0 Å². The molecule has 3 rings (SSSR count). The van der Waals surface area contributed by atoms with Crippen molar-refractivity contribution in [2.75, 3.05) is 17.8 Å². The zero-order valence-corrected chi connectivity index (χ0v) is 13.3. The zero-order valence-electron chi connectivity index (χ0n) is 11.8. The molecule has 1 heterocycles. The minimum atomic E-state index is -0.463. The average Bonchev–Trinajstić information content (AvgIpc) is 2.89. The van der Waals surface area contributed by atoms with E-state index in [1.54, 1.807) is 48.4 Å². The van der Waals surface area contributed by atoms with Crippen molar-refractivity contribution in [1.29, 1.82) is 0 Å². The molecule has 6 heteroatoms. The van der Waals surface area contributed by atoms with Crippen LogP contribution in [0.2, 0.25) is 5.02 Å². The van der Waals surface area contributed by atoms with Crippen molar-refractivity contribution in [2.45, 2.75) is 5.37 Å². The minimum Gasteiger partial charge on any atom is -0.497 e. The molecule has 0 unspecified atom stereocenters. The third-order valence-electron chi connectivity index (χ3n) is 3.47. The third-order valence-corrected chi connectivity index (χ3v) is 4.97. The molecule has 0 bridgehead atoms. The lowest BCUT2D eigenvalue weighted by molar-refractivity contribution is -0.115. The molecule has 1 amide bonds. The normalized spacial score (nSPS) is 17.9. The second-order valence-electron chi connectivity index (χ2n) is 4.76. The molecular weight excluding hydrogens is 325 g/mol. The molecule has 0 saturated carbocycles. The summed E-state index contributed by atoms with van der Waals surface area (Å²) in [6.45, 7) is 0. The highest BCUT2D eigenvalue weighted by Gasteiger charge is 2.36. The van der Waals surface area contributed by atoms with Gasteiger partial charge >= 0.3 is 0 Å². The van der Waals surface area contributed by atoms with Gasteiger partial charge in [-0.1, -0.05) is 17.7 Å². The van der Waals surface area contributed by atoms with Crippen LogP contribution < -0.4 is 9.64 Å². The molecule has 1 fully saturated rings. The van der Waals surface area contributed by atoms with Crippen LogP contribution >= 0.6 is 23.4 Å². The smallest absolute Gasteiger partial charge is 0.238 e. The van der Waals surface area contributed by atoms with E-state index in [-0.39, 0.29) is 5.91 Å². The monoisotopic (exact) mass is 337 g/mol. The Kier molecular flexibility index (Phi) is 4.27. The van der Waals surface area contributed by atoms with Crippen LogP contribution in [-0.2, 0) is 4.79 Å². The first kappa shape index (κ1) is 15.2. The number of hydrogen-bond donors (Lipinski definition) is 0. The van der Waals surface area contributed by atoms with Gasteiger partial charge in [0.05, 0.1) is 12.9 Å². The van der Waals surface area contributed by atoms with Crippen molar-refractivity contribution in [3.8, 4) is 5.75 Å². The molecule has 0 aliphatic carbocycles. The summed E-state index contributed by atoms with van der Waals surface area (Å²) < 4.78 is 19.3. The van der Waals surface area contributed by atoms with Gasteiger partial charge in [0.1, 0.15) is 16.9 Å². The number of thioether (sulfide) groups is 1. The van der Waals surface area contributed by atoms with Gasteiger partial charge in [-0.05, 0) is 36.4 Å². The Morgan fingerprint density at radius 3 is 2.64 bits per heavy atom. The number of benzene rings is 2. The summed E-state index contributed by atoms with van der Waals surface area (Å²) in [6.07, 6.45) is 0. The number of carbonyl (C=O) groups excluding carboxylic acids is 1. The summed E-state index contributed by atoms with van der Waals surface area (Å²) in [7, 11) is 1.58. The lowest BCUT2D eigenvalue weighted by atomic mass is 10.1. The maximum absolute atomic E-state index is 14.2. The van der Waals surface area contributed by atoms with Gasteiger partial charge in [-0.15, -0.1) is 11.8 Å². The first-order chi connectivity index (χ1) is 10.6. The molecule has 2 aromatic carbocycles. The Labute approximate surface area is 137 Å². The van der Waals surface area contributed by atoms with E-state index in [2.05, 4.69) is 0 Å². The van der Waals surface area contributed by atoms with Crippen LogP contribution in [-0.4, -0.2) is 18.8 Å².